The van der Waals surface area contributed by atoms with Crippen LogP contribution >= 0.6 is 0 Å². The largest absolute Gasteiger partial charge is 0.356 e. The maximum absolute atomic E-state index is 12.2. The zero-order chi connectivity index (χ0) is 17.2. The Labute approximate surface area is 139 Å². The molecule has 0 aliphatic carbocycles. The second-order valence-corrected chi connectivity index (χ2v) is 7.04. The Bertz CT molecular complexity index is 846. The topological polar surface area (TPSA) is 118 Å². The molecule has 0 bridgehead atoms. The van der Waals surface area contributed by atoms with Crippen LogP contribution in [0.25, 0.3) is 0 Å². The van der Waals surface area contributed by atoms with Crippen LogP contribution in [0.15, 0.2) is 41.6 Å². The lowest BCUT2D eigenvalue weighted by molar-refractivity contribution is 0.102. The summed E-state index contributed by atoms with van der Waals surface area (Å²) in [6, 6.07) is 7.11. The summed E-state index contributed by atoms with van der Waals surface area (Å²) in [5.74, 6) is 0.789. The van der Waals surface area contributed by atoms with Gasteiger partial charge in [0.05, 0.1) is 4.90 Å². The van der Waals surface area contributed by atoms with Gasteiger partial charge in [-0.15, -0.1) is 0 Å². The van der Waals surface area contributed by atoms with Gasteiger partial charge in [-0.2, -0.15) is 0 Å². The van der Waals surface area contributed by atoms with Gasteiger partial charge < -0.3 is 10.2 Å². The summed E-state index contributed by atoms with van der Waals surface area (Å²) in [5, 5.41) is 7.72. The molecule has 126 valence electrons. The molecule has 1 saturated heterocycles. The van der Waals surface area contributed by atoms with Crippen molar-refractivity contribution in [3.8, 4) is 0 Å². The van der Waals surface area contributed by atoms with E-state index >= 15 is 0 Å². The smallest absolute Gasteiger partial charge is 0.256 e. The fourth-order valence-corrected chi connectivity index (χ4v) is 3.03. The molecule has 8 nitrogen and oxygen atoms in total. The van der Waals surface area contributed by atoms with Crippen LogP contribution in [-0.2, 0) is 10.0 Å². The number of aromatic nitrogens is 2. The van der Waals surface area contributed by atoms with Crippen molar-refractivity contribution in [2.24, 2.45) is 5.14 Å². The SMILES string of the molecule is NS(=O)(=O)c1ccc(C(=O)Nc2cc(N3CCCC3)ncn2)cc1. The Kier molecular flexibility index (Phi) is 4.45. The van der Waals surface area contributed by atoms with Gasteiger partial charge in [-0.3, -0.25) is 4.79 Å². The zero-order valence-electron chi connectivity index (χ0n) is 12.8. The minimum Gasteiger partial charge on any atom is -0.356 e. The lowest BCUT2D eigenvalue weighted by atomic mass is 10.2. The van der Waals surface area contributed by atoms with Gasteiger partial charge in [-0.1, -0.05) is 0 Å². The molecule has 0 atom stereocenters. The second kappa shape index (κ2) is 6.54. The van der Waals surface area contributed by atoms with Crippen molar-refractivity contribution in [3.63, 3.8) is 0 Å². The first-order valence-corrected chi connectivity index (χ1v) is 8.99. The van der Waals surface area contributed by atoms with E-state index in [1.165, 1.54) is 30.6 Å². The minimum absolute atomic E-state index is 0.0441. The van der Waals surface area contributed by atoms with Crippen LogP contribution in [0, 0.1) is 0 Å². The third-order valence-corrected chi connectivity index (χ3v) is 4.70. The fraction of sp³-hybridized carbons (Fsp3) is 0.267. The predicted octanol–water partition coefficient (Wildman–Crippen LogP) is 0.976. The van der Waals surface area contributed by atoms with Crippen molar-refractivity contribution in [1.82, 2.24) is 9.97 Å². The highest BCUT2D eigenvalue weighted by molar-refractivity contribution is 7.89. The molecule has 24 heavy (non-hydrogen) atoms. The summed E-state index contributed by atoms with van der Waals surface area (Å²) < 4.78 is 22.4. The van der Waals surface area contributed by atoms with E-state index in [0.29, 0.717) is 11.4 Å². The van der Waals surface area contributed by atoms with Gasteiger partial charge >= 0.3 is 0 Å². The standard InChI is InChI=1S/C15H17N5O3S/c16-24(22,23)12-5-3-11(4-6-12)15(21)19-13-9-14(18-10-17-13)20-7-1-2-8-20/h3-6,9-10H,1-2,7-8H2,(H2,16,22,23)(H,17,18,19,21). The first-order chi connectivity index (χ1) is 11.4. The Morgan fingerprint density at radius 2 is 1.79 bits per heavy atom. The summed E-state index contributed by atoms with van der Waals surface area (Å²) in [4.78, 5) is 22.6. The number of sulfonamides is 1. The Hall–Kier alpha value is -2.52. The first-order valence-electron chi connectivity index (χ1n) is 7.45. The average molecular weight is 347 g/mol. The normalized spacial score (nSPS) is 14.6. The van der Waals surface area contributed by atoms with Crippen LogP contribution in [0.4, 0.5) is 11.6 Å². The van der Waals surface area contributed by atoms with Gasteiger partial charge in [0.25, 0.3) is 5.91 Å². The molecule has 1 aromatic heterocycles. The molecule has 0 spiro atoms. The second-order valence-electron chi connectivity index (χ2n) is 5.48. The number of carbonyl (C=O) groups is 1. The number of nitrogens with two attached hydrogens (primary N) is 1. The third-order valence-electron chi connectivity index (χ3n) is 3.77. The van der Waals surface area contributed by atoms with E-state index in [0.717, 1.165) is 31.7 Å². The van der Waals surface area contributed by atoms with Crippen LogP contribution in [0.1, 0.15) is 23.2 Å². The number of primary sulfonamides is 1. The average Bonchev–Trinajstić information content (AvgIpc) is 3.09. The number of carbonyl (C=O) groups excluding carboxylic acids is 1. The summed E-state index contributed by atoms with van der Waals surface area (Å²) in [6.07, 6.45) is 3.66. The fourth-order valence-electron chi connectivity index (χ4n) is 2.52. The van der Waals surface area contributed by atoms with Crippen LogP contribution in [0.5, 0.6) is 0 Å². The van der Waals surface area contributed by atoms with Crippen molar-refractivity contribution in [2.75, 3.05) is 23.3 Å². The van der Waals surface area contributed by atoms with Gasteiger partial charge in [0, 0.05) is 24.7 Å². The molecule has 2 heterocycles. The summed E-state index contributed by atoms with van der Waals surface area (Å²) in [5.41, 5.74) is 0.309. The zero-order valence-corrected chi connectivity index (χ0v) is 13.7. The van der Waals surface area contributed by atoms with Gasteiger partial charge in [-0.05, 0) is 37.1 Å². The molecule has 2 aromatic rings. The number of benzene rings is 1. The van der Waals surface area contributed by atoms with E-state index < -0.39 is 10.0 Å². The molecule has 1 amide bonds. The molecule has 1 aliphatic heterocycles. The Morgan fingerprint density at radius 3 is 2.42 bits per heavy atom. The molecule has 0 saturated carbocycles. The van der Waals surface area contributed by atoms with E-state index in [-0.39, 0.29) is 10.8 Å². The first kappa shape index (κ1) is 16.3. The lowest BCUT2D eigenvalue weighted by Crippen LogP contribution is -2.20. The van der Waals surface area contributed by atoms with Crippen LogP contribution in [0.3, 0.4) is 0 Å². The van der Waals surface area contributed by atoms with Gasteiger partial charge in [-0.25, -0.2) is 23.5 Å². The molecule has 1 fully saturated rings. The monoisotopic (exact) mass is 347 g/mol. The van der Waals surface area contributed by atoms with E-state index in [9.17, 15) is 13.2 Å². The number of rotatable bonds is 4. The van der Waals surface area contributed by atoms with Crippen molar-refractivity contribution in [3.05, 3.63) is 42.2 Å². The van der Waals surface area contributed by atoms with E-state index in [4.69, 9.17) is 5.14 Å². The van der Waals surface area contributed by atoms with Gasteiger partial charge in [0.1, 0.15) is 18.0 Å². The molecular weight excluding hydrogens is 330 g/mol. The molecule has 3 rings (SSSR count). The van der Waals surface area contributed by atoms with E-state index in [1.54, 1.807) is 6.07 Å². The molecule has 1 aromatic carbocycles. The van der Waals surface area contributed by atoms with Crippen molar-refractivity contribution in [1.29, 1.82) is 0 Å². The maximum atomic E-state index is 12.2. The predicted molar refractivity (Wildman–Crippen MR) is 89.2 cm³/mol. The summed E-state index contributed by atoms with van der Waals surface area (Å²) in [6.45, 7) is 1.89. The molecule has 1 aliphatic rings. The molecule has 0 unspecified atom stereocenters. The highest BCUT2D eigenvalue weighted by atomic mass is 32.2. The number of nitrogens with zero attached hydrogens (tertiary/aromatic N) is 3. The van der Waals surface area contributed by atoms with Crippen molar-refractivity contribution in [2.45, 2.75) is 17.7 Å². The molecular formula is C15H17N5O3S. The highest BCUT2D eigenvalue weighted by Gasteiger charge is 2.15. The van der Waals surface area contributed by atoms with Crippen molar-refractivity contribution >= 4 is 27.6 Å². The molecule has 0 radical (unpaired) electrons. The number of hydrogen-bond acceptors (Lipinski definition) is 6. The van der Waals surface area contributed by atoms with Crippen LogP contribution < -0.4 is 15.4 Å². The van der Waals surface area contributed by atoms with Gasteiger partial charge in [0.2, 0.25) is 10.0 Å². The number of nitrogens with one attached hydrogen (secondary N) is 1. The van der Waals surface area contributed by atoms with Crippen LogP contribution in [-0.4, -0.2) is 37.4 Å². The molecule has 9 heteroatoms. The number of hydrogen-bond donors (Lipinski definition) is 2. The Morgan fingerprint density at radius 1 is 1.12 bits per heavy atom. The van der Waals surface area contributed by atoms with Gasteiger partial charge in [0.15, 0.2) is 0 Å². The number of amides is 1. The van der Waals surface area contributed by atoms with Crippen molar-refractivity contribution < 1.29 is 13.2 Å². The lowest BCUT2D eigenvalue weighted by Gasteiger charge is -2.16. The van der Waals surface area contributed by atoms with E-state index in [1.807, 2.05) is 0 Å². The highest BCUT2D eigenvalue weighted by Crippen LogP contribution is 2.19. The third kappa shape index (κ3) is 3.69. The molecule has 3 N–H and O–H groups in total. The summed E-state index contributed by atoms with van der Waals surface area (Å²) >= 11 is 0. The Balaban J connectivity index is 1.73. The minimum atomic E-state index is -3.78. The van der Waals surface area contributed by atoms with Crippen LogP contribution in [0.2, 0.25) is 0 Å². The quantitative estimate of drug-likeness (QED) is 0.851. The number of anilines is 2. The van der Waals surface area contributed by atoms with E-state index in [2.05, 4.69) is 20.2 Å². The maximum Gasteiger partial charge on any atom is 0.256 e. The summed E-state index contributed by atoms with van der Waals surface area (Å²) in [7, 11) is -3.78.